The molecule has 23 heavy (non-hydrogen) atoms. The Morgan fingerprint density at radius 1 is 0.957 bits per heavy atom. The van der Waals surface area contributed by atoms with Crippen LogP contribution < -0.4 is 0 Å². The van der Waals surface area contributed by atoms with E-state index in [-0.39, 0.29) is 6.04 Å². The van der Waals surface area contributed by atoms with Crippen LogP contribution in [0.5, 0.6) is 0 Å². The van der Waals surface area contributed by atoms with Crippen molar-refractivity contribution < 1.29 is 0 Å². The number of hydrogen-bond donors (Lipinski definition) is 0. The Hall–Kier alpha value is -2.66. The summed E-state index contributed by atoms with van der Waals surface area (Å²) < 4.78 is 4.23. The van der Waals surface area contributed by atoms with Gasteiger partial charge in [0.25, 0.3) is 0 Å². The van der Waals surface area contributed by atoms with E-state index < -0.39 is 0 Å². The first-order valence-electron chi connectivity index (χ1n) is 7.59. The predicted octanol–water partition coefficient (Wildman–Crippen LogP) is 4.06. The molecule has 2 bridgehead atoms. The Morgan fingerprint density at radius 2 is 1.65 bits per heavy atom. The van der Waals surface area contributed by atoms with E-state index in [0.29, 0.717) is 0 Å². The number of aromatic nitrogens is 4. The molecule has 0 aliphatic carbocycles. The summed E-state index contributed by atoms with van der Waals surface area (Å²) in [5, 5.41) is 4.63. The molecule has 2 aromatic carbocycles. The molecule has 2 aromatic heterocycles. The van der Waals surface area contributed by atoms with E-state index in [4.69, 9.17) is 0 Å². The summed E-state index contributed by atoms with van der Waals surface area (Å²) in [5.41, 5.74) is 3.73. The van der Waals surface area contributed by atoms with Crippen LogP contribution in [0.1, 0.15) is 22.3 Å². The Labute approximate surface area is 137 Å². The third kappa shape index (κ3) is 1.77. The van der Waals surface area contributed by atoms with Gasteiger partial charge in [0, 0.05) is 5.56 Å². The number of aryl methyl sites for hydroxylation is 1. The second kappa shape index (κ2) is 4.67. The SMILES string of the molecule is Cc1nc2n(n1)C(c1ccccc1)c1sn-2c1-c1ccccc1. The van der Waals surface area contributed by atoms with Crippen molar-refractivity contribution in [3.05, 3.63) is 76.9 Å². The van der Waals surface area contributed by atoms with E-state index in [9.17, 15) is 0 Å². The first-order chi connectivity index (χ1) is 11.3. The van der Waals surface area contributed by atoms with E-state index in [1.807, 2.05) is 23.7 Å². The number of fused-ring (bicyclic) bond motifs is 4. The fraction of sp³-hybridized carbons (Fsp3) is 0.111. The molecule has 0 amide bonds. The number of nitrogens with zero attached hydrogens (tertiary/aromatic N) is 4. The molecule has 4 aromatic rings. The van der Waals surface area contributed by atoms with E-state index in [2.05, 4.69) is 62.6 Å². The number of rotatable bonds is 2. The molecule has 1 aliphatic rings. The molecular weight excluding hydrogens is 304 g/mol. The summed E-state index contributed by atoms with van der Waals surface area (Å²) >= 11 is 1.77. The van der Waals surface area contributed by atoms with E-state index >= 15 is 0 Å². The second-order valence-electron chi connectivity index (χ2n) is 5.68. The fourth-order valence-corrected chi connectivity index (χ4v) is 4.39. The Kier molecular flexibility index (Phi) is 2.60. The highest BCUT2D eigenvalue weighted by atomic mass is 32.1. The molecule has 0 saturated carbocycles. The zero-order valence-electron chi connectivity index (χ0n) is 12.5. The summed E-state index contributed by atoms with van der Waals surface area (Å²) in [6.07, 6.45) is 0. The van der Waals surface area contributed by atoms with Crippen molar-refractivity contribution in [1.29, 1.82) is 0 Å². The van der Waals surface area contributed by atoms with Gasteiger partial charge in [-0.15, -0.1) is 0 Å². The molecular formula is C18H14N4S. The monoisotopic (exact) mass is 318 g/mol. The highest BCUT2D eigenvalue weighted by molar-refractivity contribution is 7.09. The van der Waals surface area contributed by atoms with Crippen molar-refractivity contribution in [2.24, 2.45) is 0 Å². The van der Waals surface area contributed by atoms with E-state index in [1.54, 1.807) is 11.5 Å². The van der Waals surface area contributed by atoms with Crippen molar-refractivity contribution in [2.75, 3.05) is 0 Å². The predicted molar refractivity (Wildman–Crippen MR) is 91.1 cm³/mol. The van der Waals surface area contributed by atoms with Gasteiger partial charge in [0.15, 0.2) is 0 Å². The van der Waals surface area contributed by atoms with Gasteiger partial charge in [-0.25, -0.2) is 8.64 Å². The highest BCUT2D eigenvalue weighted by Crippen LogP contribution is 2.47. The standard InChI is InChI=1S/C18H14N4S/c1-12-19-18-21(20-12)15(13-8-4-2-5-9-13)17-16(22(18)23-17)14-10-6-3-7-11-14/h2-11,15H,1H3. The molecule has 5 heteroatoms. The molecule has 0 spiro atoms. The molecule has 5 rings (SSSR count). The molecule has 1 unspecified atom stereocenters. The average Bonchev–Trinajstić information content (AvgIpc) is 2.96. The molecule has 1 atom stereocenters. The van der Waals surface area contributed by atoms with Crippen LogP contribution in [0.15, 0.2) is 60.7 Å². The molecule has 0 N–H and O–H groups in total. The van der Waals surface area contributed by atoms with Crippen LogP contribution in [0.2, 0.25) is 0 Å². The van der Waals surface area contributed by atoms with Crippen molar-refractivity contribution in [2.45, 2.75) is 13.0 Å². The maximum atomic E-state index is 4.64. The largest absolute Gasteiger partial charge is 0.243 e. The van der Waals surface area contributed by atoms with Crippen molar-refractivity contribution in [3.8, 4) is 17.2 Å². The Bertz CT molecular complexity index is 979. The first kappa shape index (κ1) is 12.8. The summed E-state index contributed by atoms with van der Waals surface area (Å²) in [4.78, 5) is 5.98. The van der Waals surface area contributed by atoms with Gasteiger partial charge in [-0.3, -0.25) is 0 Å². The van der Waals surface area contributed by atoms with Gasteiger partial charge in [0.05, 0.1) is 10.6 Å². The van der Waals surface area contributed by atoms with Crippen LogP contribution in [-0.4, -0.2) is 18.7 Å². The zero-order chi connectivity index (χ0) is 15.4. The van der Waals surface area contributed by atoms with Crippen molar-refractivity contribution >= 4 is 11.5 Å². The van der Waals surface area contributed by atoms with Gasteiger partial charge >= 0.3 is 0 Å². The van der Waals surface area contributed by atoms with Crippen LogP contribution >= 0.6 is 11.5 Å². The summed E-state index contributed by atoms with van der Waals surface area (Å²) in [6.45, 7) is 1.95. The summed E-state index contributed by atoms with van der Waals surface area (Å²) in [5.74, 6) is 1.72. The van der Waals surface area contributed by atoms with E-state index in [0.717, 1.165) is 11.8 Å². The molecule has 1 aliphatic heterocycles. The lowest BCUT2D eigenvalue weighted by atomic mass is 10.00. The van der Waals surface area contributed by atoms with Gasteiger partial charge in [-0.1, -0.05) is 72.2 Å². The Balaban J connectivity index is 1.77. The normalized spacial score (nSPS) is 15.6. The van der Waals surface area contributed by atoms with Gasteiger partial charge in [-0.05, 0) is 12.5 Å². The minimum absolute atomic E-state index is 0.109. The quantitative estimate of drug-likeness (QED) is 0.492. The van der Waals surface area contributed by atoms with Crippen molar-refractivity contribution in [1.82, 2.24) is 18.7 Å². The van der Waals surface area contributed by atoms with Crippen molar-refractivity contribution in [3.63, 3.8) is 0 Å². The first-order valence-corrected chi connectivity index (χ1v) is 8.36. The molecule has 3 heterocycles. The van der Waals surface area contributed by atoms with Gasteiger partial charge in [0.1, 0.15) is 11.9 Å². The molecule has 112 valence electrons. The topological polar surface area (TPSA) is 35.6 Å². The maximum Gasteiger partial charge on any atom is 0.243 e. The van der Waals surface area contributed by atoms with Crippen LogP contribution in [0.4, 0.5) is 0 Å². The molecule has 4 nitrogen and oxygen atoms in total. The van der Waals surface area contributed by atoms with Crippen LogP contribution in [0.3, 0.4) is 0 Å². The molecule has 0 fully saturated rings. The highest BCUT2D eigenvalue weighted by Gasteiger charge is 2.37. The van der Waals surface area contributed by atoms with E-state index in [1.165, 1.54) is 21.7 Å². The number of benzene rings is 2. The molecule has 0 radical (unpaired) electrons. The van der Waals surface area contributed by atoms with Gasteiger partial charge < -0.3 is 0 Å². The van der Waals surface area contributed by atoms with Gasteiger partial charge in [-0.2, -0.15) is 10.1 Å². The average molecular weight is 318 g/mol. The van der Waals surface area contributed by atoms with Gasteiger partial charge in [0.2, 0.25) is 5.95 Å². The smallest absolute Gasteiger partial charge is 0.231 e. The van der Waals surface area contributed by atoms with Crippen LogP contribution in [0, 0.1) is 6.92 Å². The van der Waals surface area contributed by atoms with Crippen LogP contribution in [0.25, 0.3) is 17.2 Å². The second-order valence-corrected chi connectivity index (χ2v) is 6.67. The summed E-state index contributed by atoms with van der Waals surface area (Å²) in [6, 6.07) is 21.2. The lowest BCUT2D eigenvalue weighted by molar-refractivity contribution is 0.561. The summed E-state index contributed by atoms with van der Waals surface area (Å²) in [7, 11) is 0. The fourth-order valence-electron chi connectivity index (χ4n) is 3.19. The molecule has 0 saturated heterocycles. The third-order valence-corrected chi connectivity index (χ3v) is 5.32. The minimum atomic E-state index is 0.109. The van der Waals surface area contributed by atoms with Crippen LogP contribution in [-0.2, 0) is 0 Å². The minimum Gasteiger partial charge on any atom is -0.231 e. The Morgan fingerprint density at radius 3 is 2.39 bits per heavy atom. The lowest BCUT2D eigenvalue weighted by Gasteiger charge is -2.33. The number of hydrogen-bond acceptors (Lipinski definition) is 3. The maximum absolute atomic E-state index is 4.64. The lowest BCUT2D eigenvalue weighted by Crippen LogP contribution is -2.27. The third-order valence-electron chi connectivity index (χ3n) is 4.18. The zero-order valence-corrected chi connectivity index (χ0v) is 13.4.